The van der Waals surface area contributed by atoms with Crippen molar-refractivity contribution in [1.82, 2.24) is 0 Å². The molecule has 0 radical (unpaired) electrons. The van der Waals surface area contributed by atoms with Crippen molar-refractivity contribution in [1.29, 1.82) is 0 Å². The molecule has 0 atom stereocenters. The molecule has 0 spiro atoms. The van der Waals surface area contributed by atoms with E-state index in [0.717, 1.165) is 12.8 Å². The SMILES string of the molecule is Cc1cc(F)ccc1C(=O)CC(=O)C1CC1. The van der Waals surface area contributed by atoms with Crippen LogP contribution in [0, 0.1) is 18.7 Å². The van der Waals surface area contributed by atoms with Crippen molar-refractivity contribution in [2.45, 2.75) is 26.2 Å². The van der Waals surface area contributed by atoms with Crippen molar-refractivity contribution in [3.8, 4) is 0 Å². The number of ketones is 2. The lowest BCUT2D eigenvalue weighted by molar-refractivity contribution is -0.119. The van der Waals surface area contributed by atoms with Crippen molar-refractivity contribution in [2.75, 3.05) is 0 Å². The van der Waals surface area contributed by atoms with Gasteiger partial charge in [-0.1, -0.05) is 0 Å². The number of halogens is 1. The van der Waals surface area contributed by atoms with Crippen LogP contribution in [-0.4, -0.2) is 11.6 Å². The largest absolute Gasteiger partial charge is 0.299 e. The van der Waals surface area contributed by atoms with E-state index < -0.39 is 0 Å². The van der Waals surface area contributed by atoms with E-state index in [1.165, 1.54) is 18.2 Å². The molecular weight excluding hydrogens is 207 g/mol. The zero-order valence-electron chi connectivity index (χ0n) is 9.13. The topological polar surface area (TPSA) is 34.1 Å². The third-order valence-corrected chi connectivity index (χ3v) is 2.86. The summed E-state index contributed by atoms with van der Waals surface area (Å²) in [4.78, 5) is 23.2. The van der Waals surface area contributed by atoms with Crippen LogP contribution in [0.1, 0.15) is 35.2 Å². The van der Waals surface area contributed by atoms with Crippen LogP contribution in [0.3, 0.4) is 0 Å². The fourth-order valence-corrected chi connectivity index (χ4v) is 1.74. The monoisotopic (exact) mass is 220 g/mol. The van der Waals surface area contributed by atoms with E-state index in [-0.39, 0.29) is 29.7 Å². The summed E-state index contributed by atoms with van der Waals surface area (Å²) in [6.45, 7) is 1.68. The van der Waals surface area contributed by atoms with Crippen molar-refractivity contribution < 1.29 is 14.0 Å². The fraction of sp³-hybridized carbons (Fsp3) is 0.385. The highest BCUT2D eigenvalue weighted by Crippen LogP contribution is 2.31. The second-order valence-corrected chi connectivity index (χ2v) is 4.30. The van der Waals surface area contributed by atoms with Gasteiger partial charge in [0.15, 0.2) is 5.78 Å². The van der Waals surface area contributed by atoms with Gasteiger partial charge in [-0.3, -0.25) is 9.59 Å². The Balaban J connectivity index is 2.10. The molecule has 0 aromatic heterocycles. The predicted molar refractivity (Wildman–Crippen MR) is 57.8 cm³/mol. The molecule has 84 valence electrons. The van der Waals surface area contributed by atoms with E-state index in [9.17, 15) is 14.0 Å². The predicted octanol–water partition coefficient (Wildman–Crippen LogP) is 2.69. The second-order valence-electron chi connectivity index (χ2n) is 4.30. The Morgan fingerprint density at radius 1 is 1.38 bits per heavy atom. The van der Waals surface area contributed by atoms with Crippen molar-refractivity contribution in [2.24, 2.45) is 5.92 Å². The van der Waals surface area contributed by atoms with Crippen LogP contribution in [0.5, 0.6) is 0 Å². The van der Waals surface area contributed by atoms with Gasteiger partial charge in [0.25, 0.3) is 0 Å². The van der Waals surface area contributed by atoms with Gasteiger partial charge in [0.2, 0.25) is 0 Å². The van der Waals surface area contributed by atoms with Crippen LogP contribution in [0.25, 0.3) is 0 Å². The summed E-state index contributed by atoms with van der Waals surface area (Å²) in [6, 6.07) is 4.02. The smallest absolute Gasteiger partial charge is 0.170 e. The lowest BCUT2D eigenvalue weighted by Gasteiger charge is -2.04. The number of aryl methyl sites for hydroxylation is 1. The quantitative estimate of drug-likeness (QED) is 0.577. The molecule has 1 aromatic carbocycles. The fourth-order valence-electron chi connectivity index (χ4n) is 1.74. The van der Waals surface area contributed by atoms with E-state index in [1.807, 2.05) is 0 Å². The third kappa shape index (κ3) is 2.35. The molecule has 0 N–H and O–H groups in total. The van der Waals surface area contributed by atoms with Crippen LogP contribution in [0.4, 0.5) is 4.39 Å². The van der Waals surface area contributed by atoms with Crippen molar-refractivity contribution >= 4 is 11.6 Å². The van der Waals surface area contributed by atoms with Crippen LogP contribution >= 0.6 is 0 Å². The van der Waals surface area contributed by atoms with Gasteiger partial charge in [-0.05, 0) is 43.5 Å². The molecule has 1 aromatic rings. The number of hydrogen-bond donors (Lipinski definition) is 0. The summed E-state index contributed by atoms with van der Waals surface area (Å²) in [7, 11) is 0. The van der Waals surface area contributed by atoms with Crippen molar-refractivity contribution in [3.63, 3.8) is 0 Å². The molecule has 1 aliphatic carbocycles. The van der Waals surface area contributed by atoms with Gasteiger partial charge < -0.3 is 0 Å². The minimum atomic E-state index is -0.359. The first kappa shape index (κ1) is 11.0. The first-order chi connectivity index (χ1) is 7.58. The molecule has 2 nitrogen and oxygen atoms in total. The van der Waals surface area contributed by atoms with Gasteiger partial charge in [0.05, 0.1) is 6.42 Å². The molecule has 16 heavy (non-hydrogen) atoms. The van der Waals surface area contributed by atoms with Crippen molar-refractivity contribution in [3.05, 3.63) is 35.1 Å². The molecule has 0 bridgehead atoms. The maximum Gasteiger partial charge on any atom is 0.170 e. The highest BCUT2D eigenvalue weighted by Gasteiger charge is 2.30. The molecule has 3 heteroatoms. The maximum atomic E-state index is 12.8. The Bertz CT molecular complexity index is 447. The molecule has 0 heterocycles. The van der Waals surface area contributed by atoms with E-state index >= 15 is 0 Å². The molecule has 1 aliphatic rings. The standard InChI is InChI=1S/C13H13FO2/c1-8-6-10(14)4-5-11(8)13(16)7-12(15)9-2-3-9/h4-6,9H,2-3,7H2,1H3. The highest BCUT2D eigenvalue weighted by molar-refractivity contribution is 6.09. The molecule has 0 aliphatic heterocycles. The summed E-state index contributed by atoms with van der Waals surface area (Å²) < 4.78 is 12.8. The van der Waals surface area contributed by atoms with E-state index in [4.69, 9.17) is 0 Å². The van der Waals surface area contributed by atoms with Crippen LogP contribution < -0.4 is 0 Å². The normalized spacial score (nSPS) is 14.9. The zero-order valence-corrected chi connectivity index (χ0v) is 9.13. The number of carbonyl (C=O) groups excluding carboxylic acids is 2. The molecule has 2 rings (SSSR count). The minimum Gasteiger partial charge on any atom is -0.299 e. The summed E-state index contributed by atoms with van der Waals surface area (Å²) in [5, 5.41) is 0. The summed E-state index contributed by atoms with van der Waals surface area (Å²) >= 11 is 0. The van der Waals surface area contributed by atoms with Crippen LogP contribution in [0.15, 0.2) is 18.2 Å². The maximum absolute atomic E-state index is 12.8. The Morgan fingerprint density at radius 2 is 2.06 bits per heavy atom. The molecule has 1 fully saturated rings. The van der Waals surface area contributed by atoms with Gasteiger partial charge >= 0.3 is 0 Å². The number of Topliss-reactive ketones (excluding diaryl/α,β-unsaturated/α-hetero) is 2. The van der Waals surface area contributed by atoms with E-state index in [2.05, 4.69) is 0 Å². The van der Waals surface area contributed by atoms with E-state index in [0.29, 0.717) is 11.1 Å². The Morgan fingerprint density at radius 3 is 2.62 bits per heavy atom. The number of hydrogen-bond acceptors (Lipinski definition) is 2. The zero-order chi connectivity index (χ0) is 11.7. The lowest BCUT2D eigenvalue weighted by atomic mass is 10.00. The average molecular weight is 220 g/mol. The molecule has 0 unspecified atom stereocenters. The first-order valence-corrected chi connectivity index (χ1v) is 5.40. The van der Waals surface area contributed by atoms with Gasteiger partial charge in [-0.15, -0.1) is 0 Å². The summed E-state index contributed by atoms with van der Waals surface area (Å²) in [6.07, 6.45) is 1.78. The van der Waals surface area contributed by atoms with Crippen LogP contribution in [-0.2, 0) is 4.79 Å². The Labute approximate surface area is 93.5 Å². The Kier molecular flexibility index (Phi) is 2.86. The van der Waals surface area contributed by atoms with E-state index in [1.54, 1.807) is 6.92 Å². The third-order valence-electron chi connectivity index (χ3n) is 2.86. The number of benzene rings is 1. The van der Waals surface area contributed by atoms with Gasteiger partial charge in [0.1, 0.15) is 11.6 Å². The van der Waals surface area contributed by atoms with Gasteiger partial charge in [-0.25, -0.2) is 4.39 Å². The second kappa shape index (κ2) is 4.16. The highest BCUT2D eigenvalue weighted by atomic mass is 19.1. The molecular formula is C13H13FO2. The van der Waals surface area contributed by atoms with Gasteiger partial charge in [0, 0.05) is 11.5 Å². The first-order valence-electron chi connectivity index (χ1n) is 5.40. The summed E-state index contributed by atoms with van der Waals surface area (Å²) in [5.41, 5.74) is 1.05. The van der Waals surface area contributed by atoms with Gasteiger partial charge in [-0.2, -0.15) is 0 Å². The number of carbonyl (C=O) groups is 2. The molecule has 0 amide bonds. The van der Waals surface area contributed by atoms with Crippen LogP contribution in [0.2, 0.25) is 0 Å². The molecule has 1 saturated carbocycles. The minimum absolute atomic E-state index is 0.0220. The summed E-state index contributed by atoms with van der Waals surface area (Å²) in [5.74, 6) is -0.435. The number of rotatable bonds is 4. The average Bonchev–Trinajstić information content (AvgIpc) is 2.99. The Hall–Kier alpha value is -1.51. The molecule has 0 saturated heterocycles. The lowest BCUT2D eigenvalue weighted by Crippen LogP contribution is -2.10.